The summed E-state index contributed by atoms with van der Waals surface area (Å²) in [5, 5.41) is 4.97. The lowest BCUT2D eigenvalue weighted by molar-refractivity contribution is 1.17. The minimum Gasteiger partial charge on any atom is -0.309 e. The fourth-order valence-corrected chi connectivity index (χ4v) is 7.55. The van der Waals surface area contributed by atoms with Gasteiger partial charge in [0.2, 0.25) is 0 Å². The summed E-state index contributed by atoms with van der Waals surface area (Å²) >= 11 is 1.83. The quantitative estimate of drug-likeness (QED) is 0.208. The lowest BCUT2D eigenvalue weighted by Crippen LogP contribution is -1.97. The second kappa shape index (κ2) is 10.0. The molecule has 9 aromatic rings. The fraction of sp³-hybridized carbons (Fsp3) is 0. The van der Waals surface area contributed by atoms with Gasteiger partial charge in [-0.1, -0.05) is 109 Å². The standard InChI is InChI=1S/C40H25N3S/c1-3-12-26(13-4-1)40-41-33(25-34(42-40)31-18-11-21-38-39(31)32-17-8-10-20-37(32)44-38)27-22-23-30-29-16-7-9-19-35(29)43(36(30)24-27)28-14-5-2-6-15-28/h1-25H. The molecule has 44 heavy (non-hydrogen) atoms. The number of hydrogen-bond acceptors (Lipinski definition) is 3. The van der Waals surface area contributed by atoms with Crippen molar-refractivity contribution in [3.63, 3.8) is 0 Å². The summed E-state index contributed by atoms with van der Waals surface area (Å²) in [6, 6.07) is 53.6. The van der Waals surface area contributed by atoms with Gasteiger partial charge in [0, 0.05) is 53.3 Å². The molecule has 0 atom stereocenters. The number of aromatic nitrogens is 3. The zero-order chi connectivity index (χ0) is 29.0. The van der Waals surface area contributed by atoms with Crippen molar-refractivity contribution in [2.24, 2.45) is 0 Å². The Morgan fingerprint density at radius 1 is 0.455 bits per heavy atom. The van der Waals surface area contributed by atoms with E-state index in [1.807, 2.05) is 29.5 Å². The van der Waals surface area contributed by atoms with Crippen molar-refractivity contribution in [1.29, 1.82) is 0 Å². The van der Waals surface area contributed by atoms with Crippen LogP contribution in [0, 0.1) is 0 Å². The van der Waals surface area contributed by atoms with E-state index in [0.29, 0.717) is 0 Å². The molecule has 0 N–H and O–H groups in total. The van der Waals surface area contributed by atoms with Gasteiger partial charge < -0.3 is 4.57 Å². The second-order valence-corrected chi connectivity index (χ2v) is 12.1. The third-order valence-corrected chi connectivity index (χ3v) is 9.56. The van der Waals surface area contributed by atoms with Crippen molar-refractivity contribution in [1.82, 2.24) is 14.5 Å². The Morgan fingerprint density at radius 2 is 1.14 bits per heavy atom. The summed E-state index contributed by atoms with van der Waals surface area (Å²) in [6.07, 6.45) is 0. The van der Waals surface area contributed by atoms with E-state index in [0.717, 1.165) is 45.1 Å². The normalized spacial score (nSPS) is 11.6. The van der Waals surface area contributed by atoms with Crippen LogP contribution in [0.25, 0.3) is 81.6 Å². The summed E-state index contributed by atoms with van der Waals surface area (Å²) in [5.74, 6) is 0.721. The van der Waals surface area contributed by atoms with Gasteiger partial charge in [-0.25, -0.2) is 9.97 Å². The molecule has 0 aliphatic heterocycles. The lowest BCUT2D eigenvalue weighted by atomic mass is 10.0. The SMILES string of the molecule is c1ccc(-c2nc(-c3ccc4c5ccccc5n(-c5ccccc5)c4c3)cc(-c3cccc4sc5ccccc5c34)n2)cc1. The van der Waals surface area contributed by atoms with Gasteiger partial charge in [0.05, 0.1) is 22.4 Å². The van der Waals surface area contributed by atoms with Crippen LogP contribution in [0.5, 0.6) is 0 Å². The average Bonchev–Trinajstić information content (AvgIpc) is 3.64. The molecule has 0 unspecified atom stereocenters. The molecule has 0 saturated carbocycles. The maximum atomic E-state index is 5.19. The highest BCUT2D eigenvalue weighted by atomic mass is 32.1. The molecular formula is C40H25N3S. The number of para-hydroxylation sites is 2. The first-order valence-electron chi connectivity index (χ1n) is 14.8. The average molecular weight is 580 g/mol. The molecule has 0 aliphatic carbocycles. The second-order valence-electron chi connectivity index (χ2n) is 11.0. The van der Waals surface area contributed by atoms with E-state index in [1.165, 1.54) is 36.5 Å². The number of fused-ring (bicyclic) bond motifs is 6. The predicted molar refractivity (Wildman–Crippen MR) is 186 cm³/mol. The van der Waals surface area contributed by atoms with E-state index < -0.39 is 0 Å². The van der Waals surface area contributed by atoms with Gasteiger partial charge in [0.1, 0.15) is 0 Å². The molecule has 0 fully saturated rings. The van der Waals surface area contributed by atoms with Crippen LogP contribution < -0.4 is 0 Å². The van der Waals surface area contributed by atoms with Crippen LogP contribution in [0.2, 0.25) is 0 Å². The zero-order valence-electron chi connectivity index (χ0n) is 23.7. The topological polar surface area (TPSA) is 30.7 Å². The molecule has 9 rings (SSSR count). The highest BCUT2D eigenvalue weighted by molar-refractivity contribution is 7.25. The van der Waals surface area contributed by atoms with Crippen molar-refractivity contribution >= 4 is 53.3 Å². The molecule has 0 saturated heterocycles. The molecule has 0 spiro atoms. The summed E-state index contributed by atoms with van der Waals surface area (Å²) in [7, 11) is 0. The number of hydrogen-bond donors (Lipinski definition) is 0. The number of benzene rings is 6. The van der Waals surface area contributed by atoms with Gasteiger partial charge in [-0.2, -0.15) is 0 Å². The van der Waals surface area contributed by atoms with Crippen LogP contribution in [0.3, 0.4) is 0 Å². The molecular weight excluding hydrogens is 555 g/mol. The van der Waals surface area contributed by atoms with Crippen molar-refractivity contribution in [2.45, 2.75) is 0 Å². The molecule has 4 heteroatoms. The predicted octanol–water partition coefficient (Wildman–Crippen LogP) is 10.9. The first-order valence-corrected chi connectivity index (χ1v) is 15.6. The van der Waals surface area contributed by atoms with Crippen molar-refractivity contribution in [2.75, 3.05) is 0 Å². The maximum Gasteiger partial charge on any atom is 0.160 e. The molecule has 6 aromatic carbocycles. The molecule has 0 bridgehead atoms. The number of nitrogens with zero attached hydrogens (tertiary/aromatic N) is 3. The molecule has 3 aromatic heterocycles. The van der Waals surface area contributed by atoms with Gasteiger partial charge in [0.15, 0.2) is 5.82 Å². The zero-order valence-corrected chi connectivity index (χ0v) is 24.5. The third kappa shape index (κ3) is 3.96. The van der Waals surface area contributed by atoms with Crippen LogP contribution in [-0.2, 0) is 0 Å². The smallest absolute Gasteiger partial charge is 0.160 e. The van der Waals surface area contributed by atoms with Crippen molar-refractivity contribution in [3.8, 4) is 39.6 Å². The van der Waals surface area contributed by atoms with Gasteiger partial charge in [-0.15, -0.1) is 11.3 Å². The lowest BCUT2D eigenvalue weighted by Gasteiger charge is -2.12. The Morgan fingerprint density at radius 3 is 2.00 bits per heavy atom. The maximum absolute atomic E-state index is 5.19. The number of rotatable bonds is 4. The molecule has 0 amide bonds. The molecule has 3 nitrogen and oxygen atoms in total. The molecule has 206 valence electrons. The Kier molecular flexibility index (Phi) is 5.68. The van der Waals surface area contributed by atoms with E-state index in [4.69, 9.17) is 9.97 Å². The van der Waals surface area contributed by atoms with Crippen LogP contribution >= 0.6 is 11.3 Å². The molecule has 0 radical (unpaired) electrons. The summed E-state index contributed by atoms with van der Waals surface area (Å²) in [6.45, 7) is 0. The third-order valence-electron chi connectivity index (χ3n) is 8.42. The summed E-state index contributed by atoms with van der Waals surface area (Å²) in [4.78, 5) is 10.4. The fourth-order valence-electron chi connectivity index (χ4n) is 6.42. The van der Waals surface area contributed by atoms with E-state index in [9.17, 15) is 0 Å². The first kappa shape index (κ1) is 25.0. The van der Waals surface area contributed by atoms with Crippen LogP contribution in [0.1, 0.15) is 0 Å². The van der Waals surface area contributed by atoms with Crippen LogP contribution in [0.15, 0.2) is 152 Å². The van der Waals surface area contributed by atoms with Crippen LogP contribution in [0.4, 0.5) is 0 Å². The first-order chi connectivity index (χ1) is 21.8. The van der Waals surface area contributed by atoms with Crippen molar-refractivity contribution in [3.05, 3.63) is 152 Å². The summed E-state index contributed by atoms with van der Waals surface area (Å²) in [5.41, 5.74) is 8.49. The van der Waals surface area contributed by atoms with Gasteiger partial charge in [-0.3, -0.25) is 0 Å². The molecule has 0 aliphatic rings. The van der Waals surface area contributed by atoms with Gasteiger partial charge in [-0.05, 0) is 42.5 Å². The van der Waals surface area contributed by atoms with E-state index >= 15 is 0 Å². The van der Waals surface area contributed by atoms with Crippen LogP contribution in [-0.4, -0.2) is 14.5 Å². The summed E-state index contributed by atoms with van der Waals surface area (Å²) < 4.78 is 4.90. The minimum absolute atomic E-state index is 0.721. The molecule has 3 heterocycles. The largest absolute Gasteiger partial charge is 0.309 e. The highest BCUT2D eigenvalue weighted by Crippen LogP contribution is 2.41. The number of thiophene rings is 1. The van der Waals surface area contributed by atoms with E-state index in [1.54, 1.807) is 0 Å². The Labute approximate surface area is 258 Å². The Balaban J connectivity index is 1.32. The van der Waals surface area contributed by atoms with E-state index in [2.05, 4.69) is 138 Å². The Bertz CT molecular complexity index is 2490. The monoisotopic (exact) mass is 579 g/mol. The van der Waals surface area contributed by atoms with Gasteiger partial charge in [0.25, 0.3) is 0 Å². The Hall–Kier alpha value is -5.58. The van der Waals surface area contributed by atoms with Gasteiger partial charge >= 0.3 is 0 Å². The highest BCUT2D eigenvalue weighted by Gasteiger charge is 2.17. The minimum atomic E-state index is 0.721. The van der Waals surface area contributed by atoms with Crippen molar-refractivity contribution < 1.29 is 0 Å². The van der Waals surface area contributed by atoms with E-state index in [-0.39, 0.29) is 0 Å².